The summed E-state index contributed by atoms with van der Waals surface area (Å²) >= 11 is 7.02. The molecule has 1 atom stereocenters. The van der Waals surface area contributed by atoms with E-state index >= 15 is 0 Å². The van der Waals surface area contributed by atoms with E-state index < -0.39 is 11.9 Å². The third-order valence-electron chi connectivity index (χ3n) is 2.98. The van der Waals surface area contributed by atoms with E-state index in [0.717, 1.165) is 4.90 Å². The molecule has 0 heterocycles. The lowest BCUT2D eigenvalue weighted by atomic mass is 10.1. The zero-order valence-electron chi connectivity index (χ0n) is 11.6. The Morgan fingerprint density at radius 1 is 1.27 bits per heavy atom. The number of halogens is 2. The molecule has 0 bridgehead atoms. The molecule has 0 aliphatic rings. The van der Waals surface area contributed by atoms with Gasteiger partial charge in [-0.2, -0.15) is 0 Å². The van der Waals surface area contributed by atoms with Gasteiger partial charge in [0, 0.05) is 4.90 Å². The monoisotopic (exact) mass is 339 g/mol. The van der Waals surface area contributed by atoms with Crippen LogP contribution in [0, 0.1) is 5.82 Å². The largest absolute Gasteiger partial charge is 0.394 e. The first-order chi connectivity index (χ1) is 10.6. The Balaban J connectivity index is 1.94. The fourth-order valence-corrected chi connectivity index (χ4v) is 2.71. The average Bonchev–Trinajstić information content (AvgIpc) is 2.54. The van der Waals surface area contributed by atoms with Crippen LogP contribution < -0.4 is 5.32 Å². The highest BCUT2D eigenvalue weighted by Gasteiger charge is 2.15. The van der Waals surface area contributed by atoms with Crippen LogP contribution in [0.15, 0.2) is 53.4 Å². The van der Waals surface area contributed by atoms with E-state index in [-0.39, 0.29) is 23.3 Å². The second kappa shape index (κ2) is 8.17. The summed E-state index contributed by atoms with van der Waals surface area (Å²) in [6, 6.07) is 13.1. The van der Waals surface area contributed by atoms with Gasteiger partial charge >= 0.3 is 0 Å². The summed E-state index contributed by atoms with van der Waals surface area (Å²) < 4.78 is 13.5. The van der Waals surface area contributed by atoms with E-state index in [9.17, 15) is 14.3 Å². The number of aliphatic hydroxyl groups is 1. The van der Waals surface area contributed by atoms with Crippen molar-refractivity contribution in [2.75, 3.05) is 12.4 Å². The minimum Gasteiger partial charge on any atom is -0.394 e. The number of aliphatic hydroxyl groups excluding tert-OH is 1. The van der Waals surface area contributed by atoms with Gasteiger partial charge in [-0.15, -0.1) is 11.8 Å². The van der Waals surface area contributed by atoms with Crippen LogP contribution in [-0.4, -0.2) is 23.4 Å². The van der Waals surface area contributed by atoms with E-state index in [1.165, 1.54) is 23.9 Å². The van der Waals surface area contributed by atoms with Crippen LogP contribution in [0.2, 0.25) is 5.02 Å². The lowest BCUT2D eigenvalue weighted by molar-refractivity contribution is -0.119. The van der Waals surface area contributed by atoms with Crippen molar-refractivity contribution in [2.24, 2.45) is 0 Å². The molecule has 2 rings (SSSR count). The first-order valence-electron chi connectivity index (χ1n) is 6.63. The fraction of sp³-hybridized carbons (Fsp3) is 0.188. The topological polar surface area (TPSA) is 49.3 Å². The van der Waals surface area contributed by atoms with Gasteiger partial charge in [-0.25, -0.2) is 4.39 Å². The second-order valence-electron chi connectivity index (χ2n) is 4.58. The van der Waals surface area contributed by atoms with Crippen molar-refractivity contribution in [1.82, 2.24) is 5.32 Å². The zero-order valence-corrected chi connectivity index (χ0v) is 13.2. The smallest absolute Gasteiger partial charge is 0.230 e. The summed E-state index contributed by atoms with van der Waals surface area (Å²) in [6.45, 7) is -0.317. The molecule has 2 aromatic rings. The van der Waals surface area contributed by atoms with Gasteiger partial charge in [-0.1, -0.05) is 35.9 Å². The maximum atomic E-state index is 13.5. The first-order valence-corrected chi connectivity index (χ1v) is 7.99. The number of benzene rings is 2. The van der Waals surface area contributed by atoms with Crippen LogP contribution in [-0.2, 0) is 4.79 Å². The van der Waals surface area contributed by atoms with Crippen molar-refractivity contribution in [1.29, 1.82) is 0 Å². The van der Waals surface area contributed by atoms with E-state index in [1.54, 1.807) is 6.07 Å². The Bertz CT molecular complexity index is 639. The standard InChI is InChI=1S/C16H15ClFNO2S/c17-13-7-6-11(8-14(13)18)15(9-20)19-16(21)10-22-12-4-2-1-3-5-12/h1-8,15,20H,9-10H2,(H,19,21). The summed E-state index contributed by atoms with van der Waals surface area (Å²) in [5.74, 6) is -0.592. The highest BCUT2D eigenvalue weighted by atomic mass is 35.5. The Hall–Kier alpha value is -1.56. The second-order valence-corrected chi connectivity index (χ2v) is 6.03. The van der Waals surface area contributed by atoms with Crippen LogP contribution in [0.25, 0.3) is 0 Å². The van der Waals surface area contributed by atoms with E-state index in [2.05, 4.69) is 5.32 Å². The fourth-order valence-electron chi connectivity index (χ4n) is 1.87. The minimum absolute atomic E-state index is 0.00593. The molecule has 0 aliphatic heterocycles. The quantitative estimate of drug-likeness (QED) is 0.793. The molecule has 116 valence electrons. The van der Waals surface area contributed by atoms with Crippen molar-refractivity contribution in [3.05, 3.63) is 64.9 Å². The van der Waals surface area contributed by atoms with Gasteiger partial charge in [-0.05, 0) is 29.8 Å². The summed E-state index contributed by atoms with van der Waals surface area (Å²) in [5.41, 5.74) is 0.475. The predicted molar refractivity (Wildman–Crippen MR) is 86.5 cm³/mol. The average molecular weight is 340 g/mol. The van der Waals surface area contributed by atoms with Crippen molar-refractivity contribution >= 4 is 29.3 Å². The summed E-state index contributed by atoms with van der Waals surface area (Å²) in [4.78, 5) is 12.9. The summed E-state index contributed by atoms with van der Waals surface area (Å²) in [5, 5.41) is 12.1. The highest BCUT2D eigenvalue weighted by Crippen LogP contribution is 2.21. The minimum atomic E-state index is -0.657. The number of thioether (sulfide) groups is 1. The van der Waals surface area contributed by atoms with Crippen LogP contribution in [0.4, 0.5) is 4.39 Å². The van der Waals surface area contributed by atoms with Crippen molar-refractivity contribution < 1.29 is 14.3 Å². The molecule has 0 radical (unpaired) electrons. The van der Waals surface area contributed by atoms with E-state index in [1.807, 2.05) is 30.3 Å². The molecule has 0 aliphatic carbocycles. The van der Waals surface area contributed by atoms with E-state index in [0.29, 0.717) is 5.56 Å². The number of carbonyl (C=O) groups excluding carboxylic acids is 1. The Morgan fingerprint density at radius 2 is 2.00 bits per heavy atom. The lowest BCUT2D eigenvalue weighted by Gasteiger charge is -2.17. The maximum Gasteiger partial charge on any atom is 0.230 e. The maximum absolute atomic E-state index is 13.5. The van der Waals surface area contributed by atoms with Crippen LogP contribution in [0.5, 0.6) is 0 Å². The van der Waals surface area contributed by atoms with Crippen molar-refractivity contribution in [2.45, 2.75) is 10.9 Å². The SMILES string of the molecule is O=C(CSc1ccccc1)NC(CO)c1ccc(Cl)c(F)c1. The molecule has 2 aromatic carbocycles. The van der Waals surface area contributed by atoms with Gasteiger partial charge in [-0.3, -0.25) is 4.79 Å². The molecule has 0 saturated heterocycles. The molecule has 2 N–H and O–H groups in total. The molecule has 6 heteroatoms. The van der Waals surface area contributed by atoms with Gasteiger partial charge in [0.15, 0.2) is 0 Å². The lowest BCUT2D eigenvalue weighted by Crippen LogP contribution is -2.32. The Labute approximate surface area is 137 Å². The molecule has 0 aromatic heterocycles. The molecule has 1 unspecified atom stereocenters. The van der Waals surface area contributed by atoms with Crippen LogP contribution >= 0.6 is 23.4 Å². The molecule has 22 heavy (non-hydrogen) atoms. The highest BCUT2D eigenvalue weighted by molar-refractivity contribution is 8.00. The molecular weight excluding hydrogens is 325 g/mol. The van der Waals surface area contributed by atoms with Gasteiger partial charge < -0.3 is 10.4 Å². The third-order valence-corrected chi connectivity index (χ3v) is 4.30. The molecule has 1 amide bonds. The predicted octanol–water partition coefficient (Wildman–Crippen LogP) is 3.42. The Morgan fingerprint density at radius 3 is 2.64 bits per heavy atom. The van der Waals surface area contributed by atoms with Crippen molar-refractivity contribution in [3.8, 4) is 0 Å². The number of amides is 1. The van der Waals surface area contributed by atoms with Gasteiger partial charge in [0.25, 0.3) is 0 Å². The normalized spacial score (nSPS) is 12.0. The number of hydrogen-bond donors (Lipinski definition) is 2. The number of rotatable bonds is 6. The molecule has 0 saturated carbocycles. The molecule has 3 nitrogen and oxygen atoms in total. The molecule has 0 spiro atoms. The zero-order chi connectivity index (χ0) is 15.9. The molecular formula is C16H15ClFNO2S. The molecule has 0 fully saturated rings. The number of carbonyl (C=O) groups is 1. The third kappa shape index (κ3) is 4.73. The Kier molecular flexibility index (Phi) is 6.24. The van der Waals surface area contributed by atoms with Crippen LogP contribution in [0.1, 0.15) is 11.6 Å². The number of nitrogens with one attached hydrogen (secondary N) is 1. The number of hydrogen-bond acceptors (Lipinski definition) is 3. The summed E-state index contributed by atoms with van der Waals surface area (Å²) in [6.07, 6.45) is 0. The summed E-state index contributed by atoms with van der Waals surface area (Å²) in [7, 11) is 0. The first kappa shape index (κ1) is 16.8. The van der Waals surface area contributed by atoms with Crippen LogP contribution in [0.3, 0.4) is 0 Å². The van der Waals surface area contributed by atoms with Gasteiger partial charge in [0.1, 0.15) is 5.82 Å². The van der Waals surface area contributed by atoms with Crippen molar-refractivity contribution in [3.63, 3.8) is 0 Å². The van der Waals surface area contributed by atoms with Gasteiger partial charge in [0.2, 0.25) is 5.91 Å². The van der Waals surface area contributed by atoms with Gasteiger partial charge in [0.05, 0.1) is 23.4 Å². The van der Waals surface area contributed by atoms with E-state index in [4.69, 9.17) is 11.6 Å².